The van der Waals surface area contributed by atoms with Crippen LogP contribution >= 0.6 is 0 Å². The highest BCUT2D eigenvalue weighted by atomic mass is 16.3. The first-order valence-electron chi connectivity index (χ1n) is 7.30. The van der Waals surface area contributed by atoms with E-state index in [1.165, 1.54) is 5.56 Å². The first-order chi connectivity index (χ1) is 9.47. The predicted octanol–water partition coefficient (Wildman–Crippen LogP) is 2.35. The monoisotopic (exact) mass is 278 g/mol. The Bertz CT molecular complexity index is 401. The Morgan fingerprint density at radius 3 is 2.50 bits per heavy atom. The SMILES string of the molecule is CC(N)CCCC(=O)NC(C)CCc1ccc(O)cc1. The molecule has 1 aromatic carbocycles. The molecule has 0 aliphatic carbocycles. The zero-order chi connectivity index (χ0) is 15.0. The van der Waals surface area contributed by atoms with Crippen LogP contribution in [0.25, 0.3) is 0 Å². The maximum Gasteiger partial charge on any atom is 0.220 e. The predicted molar refractivity (Wildman–Crippen MR) is 81.5 cm³/mol. The summed E-state index contributed by atoms with van der Waals surface area (Å²) >= 11 is 0. The van der Waals surface area contributed by atoms with Crippen molar-refractivity contribution >= 4 is 5.91 Å². The van der Waals surface area contributed by atoms with Crippen LogP contribution in [0.2, 0.25) is 0 Å². The highest BCUT2D eigenvalue weighted by molar-refractivity contribution is 5.76. The van der Waals surface area contributed by atoms with Gasteiger partial charge in [-0.15, -0.1) is 0 Å². The number of hydrogen-bond donors (Lipinski definition) is 3. The lowest BCUT2D eigenvalue weighted by molar-refractivity contribution is -0.121. The zero-order valence-corrected chi connectivity index (χ0v) is 12.4. The summed E-state index contributed by atoms with van der Waals surface area (Å²) in [5.41, 5.74) is 6.82. The molecule has 0 aromatic heterocycles. The zero-order valence-electron chi connectivity index (χ0n) is 12.4. The Hall–Kier alpha value is -1.55. The smallest absolute Gasteiger partial charge is 0.220 e. The van der Waals surface area contributed by atoms with Gasteiger partial charge in [0.05, 0.1) is 0 Å². The van der Waals surface area contributed by atoms with Crippen molar-refractivity contribution in [2.24, 2.45) is 5.73 Å². The molecule has 0 aliphatic heterocycles. The number of rotatable bonds is 8. The first-order valence-corrected chi connectivity index (χ1v) is 7.30. The fraction of sp³-hybridized carbons (Fsp3) is 0.562. The van der Waals surface area contributed by atoms with E-state index in [-0.39, 0.29) is 23.7 Å². The van der Waals surface area contributed by atoms with Crippen molar-refractivity contribution in [1.82, 2.24) is 5.32 Å². The lowest BCUT2D eigenvalue weighted by Gasteiger charge is -2.14. The summed E-state index contributed by atoms with van der Waals surface area (Å²) in [5.74, 6) is 0.382. The Morgan fingerprint density at radius 2 is 1.90 bits per heavy atom. The van der Waals surface area contributed by atoms with Crippen LogP contribution in [0.1, 0.15) is 45.1 Å². The standard InChI is InChI=1S/C16H26N2O2/c1-12(17)4-3-5-16(20)18-13(2)6-7-14-8-10-15(19)11-9-14/h8-13,19H,3-7,17H2,1-2H3,(H,18,20). The molecular weight excluding hydrogens is 252 g/mol. The summed E-state index contributed by atoms with van der Waals surface area (Å²) < 4.78 is 0. The van der Waals surface area contributed by atoms with Gasteiger partial charge in [0.15, 0.2) is 0 Å². The molecule has 2 atom stereocenters. The minimum absolute atomic E-state index is 0.101. The first kappa shape index (κ1) is 16.5. The summed E-state index contributed by atoms with van der Waals surface area (Å²) in [6.07, 6.45) is 4.06. The van der Waals surface area contributed by atoms with Crippen molar-refractivity contribution in [3.05, 3.63) is 29.8 Å². The van der Waals surface area contributed by atoms with E-state index in [9.17, 15) is 9.90 Å². The van der Waals surface area contributed by atoms with Crippen molar-refractivity contribution in [2.75, 3.05) is 0 Å². The quantitative estimate of drug-likeness (QED) is 0.683. The number of nitrogens with two attached hydrogens (primary N) is 1. The van der Waals surface area contributed by atoms with Crippen LogP contribution in [-0.4, -0.2) is 23.1 Å². The van der Waals surface area contributed by atoms with Gasteiger partial charge in [-0.05, 0) is 57.2 Å². The molecule has 0 radical (unpaired) electrons. The molecule has 20 heavy (non-hydrogen) atoms. The Labute approximate surface area is 121 Å². The summed E-state index contributed by atoms with van der Waals surface area (Å²) in [5, 5.41) is 12.2. The fourth-order valence-corrected chi connectivity index (χ4v) is 2.05. The maximum absolute atomic E-state index is 11.7. The van der Waals surface area contributed by atoms with Gasteiger partial charge in [-0.3, -0.25) is 4.79 Å². The third-order valence-corrected chi connectivity index (χ3v) is 3.27. The van der Waals surface area contributed by atoms with Crippen LogP contribution < -0.4 is 11.1 Å². The van der Waals surface area contributed by atoms with E-state index in [1.807, 2.05) is 26.0 Å². The number of amides is 1. The number of phenolic OH excluding ortho intramolecular Hbond substituents is 1. The van der Waals surface area contributed by atoms with E-state index >= 15 is 0 Å². The van der Waals surface area contributed by atoms with Gasteiger partial charge in [-0.25, -0.2) is 0 Å². The van der Waals surface area contributed by atoms with Crippen LogP contribution in [-0.2, 0) is 11.2 Å². The average molecular weight is 278 g/mol. The molecule has 0 saturated carbocycles. The molecule has 1 amide bonds. The maximum atomic E-state index is 11.7. The molecule has 0 saturated heterocycles. The number of benzene rings is 1. The molecule has 1 rings (SSSR count). The second kappa shape index (κ2) is 8.59. The van der Waals surface area contributed by atoms with Crippen LogP contribution in [0.3, 0.4) is 0 Å². The van der Waals surface area contributed by atoms with Gasteiger partial charge in [-0.1, -0.05) is 12.1 Å². The van der Waals surface area contributed by atoms with Crippen LogP contribution in [0.4, 0.5) is 0 Å². The van der Waals surface area contributed by atoms with Crippen molar-refractivity contribution in [3.8, 4) is 5.75 Å². The minimum atomic E-state index is 0.101. The largest absolute Gasteiger partial charge is 0.508 e. The summed E-state index contributed by atoms with van der Waals surface area (Å²) in [6, 6.07) is 7.51. The van der Waals surface area contributed by atoms with Crippen LogP contribution in [0.15, 0.2) is 24.3 Å². The number of phenols is 1. The minimum Gasteiger partial charge on any atom is -0.508 e. The number of nitrogens with one attached hydrogen (secondary N) is 1. The highest BCUT2D eigenvalue weighted by Crippen LogP contribution is 2.12. The molecule has 4 N–H and O–H groups in total. The van der Waals surface area contributed by atoms with Gasteiger partial charge in [0.2, 0.25) is 5.91 Å². The van der Waals surface area contributed by atoms with Crippen molar-refractivity contribution in [1.29, 1.82) is 0 Å². The summed E-state index contributed by atoms with van der Waals surface area (Å²) in [7, 11) is 0. The van der Waals surface area contributed by atoms with E-state index in [0.29, 0.717) is 6.42 Å². The lowest BCUT2D eigenvalue weighted by Crippen LogP contribution is -2.32. The normalized spacial score (nSPS) is 13.8. The van der Waals surface area contributed by atoms with Crippen LogP contribution in [0, 0.1) is 0 Å². The second-order valence-corrected chi connectivity index (χ2v) is 5.54. The number of carbonyl (C=O) groups excluding carboxylic acids is 1. The van der Waals surface area contributed by atoms with E-state index in [1.54, 1.807) is 12.1 Å². The molecule has 0 aliphatic rings. The van der Waals surface area contributed by atoms with Gasteiger partial charge in [0, 0.05) is 18.5 Å². The number of hydrogen-bond acceptors (Lipinski definition) is 3. The van der Waals surface area contributed by atoms with Gasteiger partial charge in [0.1, 0.15) is 5.75 Å². The Balaban J connectivity index is 2.20. The van der Waals surface area contributed by atoms with Crippen molar-refractivity contribution < 1.29 is 9.90 Å². The number of aryl methyl sites for hydroxylation is 1. The fourth-order valence-electron chi connectivity index (χ4n) is 2.05. The molecule has 4 nitrogen and oxygen atoms in total. The molecule has 0 heterocycles. The van der Waals surface area contributed by atoms with Gasteiger partial charge < -0.3 is 16.2 Å². The highest BCUT2D eigenvalue weighted by Gasteiger charge is 2.08. The van der Waals surface area contributed by atoms with Crippen molar-refractivity contribution in [3.63, 3.8) is 0 Å². The molecule has 0 spiro atoms. The third kappa shape index (κ3) is 7.14. The van der Waals surface area contributed by atoms with E-state index in [4.69, 9.17) is 5.73 Å². The molecule has 1 aromatic rings. The molecule has 0 fully saturated rings. The molecule has 112 valence electrons. The van der Waals surface area contributed by atoms with E-state index in [2.05, 4.69) is 5.32 Å². The van der Waals surface area contributed by atoms with Gasteiger partial charge in [-0.2, -0.15) is 0 Å². The molecular formula is C16H26N2O2. The molecule has 4 heteroatoms. The topological polar surface area (TPSA) is 75.4 Å². The number of carbonyl (C=O) groups is 1. The van der Waals surface area contributed by atoms with Gasteiger partial charge in [0.25, 0.3) is 0 Å². The van der Waals surface area contributed by atoms with Crippen molar-refractivity contribution in [2.45, 2.75) is 58.0 Å². The molecule has 2 unspecified atom stereocenters. The third-order valence-electron chi connectivity index (χ3n) is 3.27. The summed E-state index contributed by atoms with van der Waals surface area (Å²) in [6.45, 7) is 3.97. The molecule has 0 bridgehead atoms. The Morgan fingerprint density at radius 1 is 1.25 bits per heavy atom. The second-order valence-electron chi connectivity index (χ2n) is 5.54. The van der Waals surface area contributed by atoms with E-state index < -0.39 is 0 Å². The average Bonchev–Trinajstić information content (AvgIpc) is 2.37. The van der Waals surface area contributed by atoms with E-state index in [0.717, 1.165) is 25.7 Å². The Kier molecular flexibility index (Phi) is 7.09. The van der Waals surface area contributed by atoms with Crippen LogP contribution in [0.5, 0.6) is 5.75 Å². The number of aromatic hydroxyl groups is 1. The summed E-state index contributed by atoms with van der Waals surface area (Å²) in [4.78, 5) is 11.7. The lowest BCUT2D eigenvalue weighted by atomic mass is 10.1. The van der Waals surface area contributed by atoms with Gasteiger partial charge >= 0.3 is 0 Å².